The monoisotopic (exact) mass is 306 g/mol. The molecule has 0 aromatic carbocycles. The second-order valence-electron chi connectivity index (χ2n) is 5.58. The van der Waals surface area contributed by atoms with E-state index in [4.69, 9.17) is 4.98 Å². The highest BCUT2D eigenvalue weighted by molar-refractivity contribution is 7.14. The summed E-state index contributed by atoms with van der Waals surface area (Å²) in [6.45, 7) is 4.27. The van der Waals surface area contributed by atoms with Gasteiger partial charge in [0, 0.05) is 10.8 Å². The van der Waals surface area contributed by atoms with Crippen LogP contribution >= 0.6 is 11.3 Å². The van der Waals surface area contributed by atoms with Gasteiger partial charge in [0.05, 0.1) is 18.0 Å². The van der Waals surface area contributed by atoms with Crippen LogP contribution in [0, 0.1) is 0 Å². The van der Waals surface area contributed by atoms with Gasteiger partial charge in [0.1, 0.15) is 5.69 Å². The van der Waals surface area contributed by atoms with Gasteiger partial charge in [-0.1, -0.05) is 30.4 Å². The highest BCUT2D eigenvalue weighted by Crippen LogP contribution is 2.32. The molecule has 0 spiro atoms. The molecule has 1 aliphatic rings. The van der Waals surface area contributed by atoms with E-state index in [-0.39, 0.29) is 6.61 Å². The van der Waals surface area contributed by atoms with E-state index in [1.807, 2.05) is 4.68 Å². The van der Waals surface area contributed by atoms with Crippen molar-refractivity contribution in [3.8, 4) is 5.13 Å². The van der Waals surface area contributed by atoms with Crippen LogP contribution in [-0.2, 0) is 19.4 Å². The van der Waals surface area contributed by atoms with Gasteiger partial charge in [0.15, 0.2) is 0 Å². The number of fused-ring (bicyclic) bond motifs is 1. The molecule has 6 heteroatoms. The molecular weight excluding hydrogens is 284 g/mol. The molecule has 21 heavy (non-hydrogen) atoms. The Labute approximate surface area is 129 Å². The topological polar surface area (TPSA) is 63.8 Å². The maximum atomic E-state index is 9.55. The lowest BCUT2D eigenvalue weighted by Gasteiger charge is -2.14. The number of thiazole rings is 1. The van der Waals surface area contributed by atoms with Crippen LogP contribution in [0.4, 0.5) is 0 Å². The molecule has 5 nitrogen and oxygen atoms in total. The van der Waals surface area contributed by atoms with Gasteiger partial charge in [-0.15, -0.1) is 5.10 Å². The molecule has 2 aromatic heterocycles. The van der Waals surface area contributed by atoms with E-state index in [1.165, 1.54) is 23.4 Å². The predicted molar refractivity (Wildman–Crippen MR) is 82.9 cm³/mol. The van der Waals surface area contributed by atoms with E-state index in [2.05, 4.69) is 24.2 Å². The summed E-state index contributed by atoms with van der Waals surface area (Å²) in [5.41, 5.74) is 2.96. The Balaban J connectivity index is 2.05. The van der Waals surface area contributed by atoms with E-state index in [9.17, 15) is 5.11 Å². The molecule has 0 unspecified atom stereocenters. The third-order valence-electron chi connectivity index (χ3n) is 4.32. The van der Waals surface area contributed by atoms with Gasteiger partial charge in [-0.25, -0.2) is 4.98 Å². The van der Waals surface area contributed by atoms with E-state index in [1.54, 1.807) is 11.3 Å². The third kappa shape index (κ3) is 2.62. The molecule has 2 aromatic rings. The smallest absolute Gasteiger partial charge is 0.212 e. The number of aromatic nitrogens is 4. The van der Waals surface area contributed by atoms with Gasteiger partial charge in [0.25, 0.3) is 0 Å². The summed E-state index contributed by atoms with van der Waals surface area (Å²) < 4.78 is 1.87. The molecule has 0 saturated heterocycles. The average Bonchev–Trinajstić information content (AvgIpc) is 3.11. The minimum absolute atomic E-state index is 0.0586. The van der Waals surface area contributed by atoms with Crippen LogP contribution in [0.15, 0.2) is 0 Å². The molecule has 2 heterocycles. The number of aliphatic hydroxyl groups is 1. The van der Waals surface area contributed by atoms with Crippen LogP contribution in [0.5, 0.6) is 0 Å². The van der Waals surface area contributed by atoms with Crippen LogP contribution in [0.1, 0.15) is 67.4 Å². The Morgan fingerprint density at radius 1 is 1.24 bits per heavy atom. The third-order valence-corrected chi connectivity index (χ3v) is 5.45. The summed E-state index contributed by atoms with van der Waals surface area (Å²) >= 11 is 1.73. The molecule has 0 aliphatic heterocycles. The zero-order valence-electron chi connectivity index (χ0n) is 12.7. The largest absolute Gasteiger partial charge is 0.390 e. The van der Waals surface area contributed by atoms with Crippen molar-refractivity contribution in [2.45, 2.75) is 64.9 Å². The second-order valence-corrected chi connectivity index (χ2v) is 6.64. The van der Waals surface area contributed by atoms with E-state index in [0.717, 1.165) is 36.5 Å². The molecule has 0 radical (unpaired) electrons. The number of hydrogen-bond acceptors (Lipinski definition) is 5. The first-order valence-corrected chi connectivity index (χ1v) is 8.64. The normalized spacial score (nSPS) is 14.7. The zero-order valence-corrected chi connectivity index (χ0v) is 13.5. The average molecular weight is 306 g/mol. The summed E-state index contributed by atoms with van der Waals surface area (Å²) in [6, 6.07) is 0. The summed E-state index contributed by atoms with van der Waals surface area (Å²) in [6.07, 6.45) is 6.73. The molecule has 3 rings (SSSR count). The van der Waals surface area contributed by atoms with Crippen LogP contribution in [0.3, 0.4) is 0 Å². The Morgan fingerprint density at radius 3 is 2.67 bits per heavy atom. The molecule has 0 bridgehead atoms. The Kier molecular flexibility index (Phi) is 4.35. The van der Waals surface area contributed by atoms with Crippen LogP contribution in [-0.4, -0.2) is 25.1 Å². The maximum Gasteiger partial charge on any atom is 0.212 e. The first-order valence-electron chi connectivity index (χ1n) is 7.82. The van der Waals surface area contributed by atoms with Crippen molar-refractivity contribution in [2.75, 3.05) is 0 Å². The van der Waals surface area contributed by atoms with Gasteiger partial charge in [-0.3, -0.25) is 0 Å². The first-order chi connectivity index (χ1) is 10.3. The Morgan fingerprint density at radius 2 is 2.00 bits per heavy atom. The fourth-order valence-corrected chi connectivity index (χ4v) is 4.20. The standard InChI is InChI=1S/C15H22N4OS/c1-3-10(4-2)14-12(9-20)17-18-19(14)15-16-11-7-5-6-8-13(11)21-15/h10,20H,3-9H2,1-2H3. The molecule has 0 saturated carbocycles. The first kappa shape index (κ1) is 14.7. The van der Waals surface area contributed by atoms with Crippen molar-refractivity contribution in [1.29, 1.82) is 0 Å². The fraction of sp³-hybridized carbons (Fsp3) is 0.667. The van der Waals surface area contributed by atoms with E-state index >= 15 is 0 Å². The van der Waals surface area contributed by atoms with Crippen molar-refractivity contribution in [1.82, 2.24) is 20.0 Å². The summed E-state index contributed by atoms with van der Waals surface area (Å²) in [7, 11) is 0. The predicted octanol–water partition coefficient (Wildman–Crippen LogP) is 3.00. The minimum Gasteiger partial charge on any atom is -0.390 e. The number of nitrogens with zero attached hydrogens (tertiary/aromatic N) is 4. The minimum atomic E-state index is -0.0586. The van der Waals surface area contributed by atoms with Crippen molar-refractivity contribution >= 4 is 11.3 Å². The van der Waals surface area contributed by atoms with Gasteiger partial charge in [-0.05, 0) is 38.5 Å². The summed E-state index contributed by atoms with van der Waals surface area (Å²) in [5, 5.41) is 18.9. The quantitative estimate of drug-likeness (QED) is 0.922. The second kappa shape index (κ2) is 6.23. The Hall–Kier alpha value is -1.27. The van der Waals surface area contributed by atoms with Gasteiger partial charge < -0.3 is 5.11 Å². The number of rotatable bonds is 5. The highest BCUT2D eigenvalue weighted by Gasteiger charge is 2.24. The molecule has 0 amide bonds. The molecular formula is C15H22N4OS. The Bertz CT molecular complexity index is 592. The lowest BCUT2D eigenvalue weighted by Crippen LogP contribution is -2.09. The zero-order chi connectivity index (χ0) is 14.8. The van der Waals surface area contributed by atoms with Gasteiger partial charge in [0.2, 0.25) is 5.13 Å². The summed E-state index contributed by atoms with van der Waals surface area (Å²) in [4.78, 5) is 6.17. The molecule has 0 atom stereocenters. The maximum absolute atomic E-state index is 9.55. The fourth-order valence-electron chi connectivity index (χ4n) is 3.09. The molecule has 114 valence electrons. The summed E-state index contributed by atoms with van der Waals surface area (Å²) in [5.74, 6) is 0.364. The number of aryl methyl sites for hydroxylation is 2. The van der Waals surface area contributed by atoms with Gasteiger partial charge in [-0.2, -0.15) is 4.68 Å². The number of aliphatic hydroxyl groups excluding tert-OH is 1. The van der Waals surface area contributed by atoms with Crippen molar-refractivity contribution in [3.63, 3.8) is 0 Å². The van der Waals surface area contributed by atoms with Crippen LogP contribution < -0.4 is 0 Å². The van der Waals surface area contributed by atoms with Gasteiger partial charge >= 0.3 is 0 Å². The van der Waals surface area contributed by atoms with Crippen molar-refractivity contribution in [2.24, 2.45) is 0 Å². The van der Waals surface area contributed by atoms with E-state index in [0.29, 0.717) is 11.6 Å². The van der Waals surface area contributed by atoms with Crippen LogP contribution in [0.25, 0.3) is 5.13 Å². The van der Waals surface area contributed by atoms with E-state index < -0.39 is 0 Å². The molecule has 1 aliphatic carbocycles. The lowest BCUT2D eigenvalue weighted by molar-refractivity contribution is 0.274. The lowest BCUT2D eigenvalue weighted by atomic mass is 9.97. The van der Waals surface area contributed by atoms with Crippen molar-refractivity contribution in [3.05, 3.63) is 22.0 Å². The van der Waals surface area contributed by atoms with Crippen LogP contribution in [0.2, 0.25) is 0 Å². The van der Waals surface area contributed by atoms with Crippen molar-refractivity contribution < 1.29 is 5.11 Å². The molecule has 0 fully saturated rings. The SMILES string of the molecule is CCC(CC)c1c(CO)nnn1-c1nc2c(s1)CCCC2. The molecule has 1 N–H and O–H groups in total. The highest BCUT2D eigenvalue weighted by atomic mass is 32.1. The number of hydrogen-bond donors (Lipinski definition) is 1.